The van der Waals surface area contributed by atoms with Crippen molar-refractivity contribution in [1.82, 2.24) is 4.90 Å². The number of hydrogen-bond donors (Lipinski definition) is 0. The number of benzene rings is 1. The third kappa shape index (κ3) is 3.11. The first kappa shape index (κ1) is 14.9. The highest BCUT2D eigenvalue weighted by Crippen LogP contribution is 2.34. The van der Waals surface area contributed by atoms with E-state index in [1.807, 2.05) is 50.1 Å². The van der Waals surface area contributed by atoms with Crippen molar-refractivity contribution >= 4 is 17.1 Å². The van der Waals surface area contributed by atoms with E-state index < -0.39 is 5.60 Å². The van der Waals surface area contributed by atoms with Crippen molar-refractivity contribution < 1.29 is 13.9 Å². The second-order valence-electron chi connectivity index (χ2n) is 6.93. The maximum Gasteiger partial charge on any atom is 0.410 e. The number of piperidine rings is 1. The molecule has 22 heavy (non-hydrogen) atoms. The second-order valence-corrected chi connectivity index (χ2v) is 6.93. The van der Waals surface area contributed by atoms with Crippen molar-refractivity contribution in [3.05, 3.63) is 36.1 Å². The molecule has 0 saturated carbocycles. The van der Waals surface area contributed by atoms with Gasteiger partial charge in [0.05, 0.1) is 6.26 Å². The van der Waals surface area contributed by atoms with Crippen LogP contribution in [-0.4, -0.2) is 29.7 Å². The van der Waals surface area contributed by atoms with Gasteiger partial charge >= 0.3 is 6.09 Å². The monoisotopic (exact) mass is 301 g/mol. The van der Waals surface area contributed by atoms with Crippen LogP contribution in [0.3, 0.4) is 0 Å². The fourth-order valence-electron chi connectivity index (χ4n) is 3.01. The molecule has 1 aromatic carbocycles. The van der Waals surface area contributed by atoms with Gasteiger partial charge in [-0.15, -0.1) is 0 Å². The summed E-state index contributed by atoms with van der Waals surface area (Å²) in [7, 11) is 0. The van der Waals surface area contributed by atoms with Gasteiger partial charge in [0.25, 0.3) is 0 Å². The van der Waals surface area contributed by atoms with Gasteiger partial charge in [0, 0.05) is 24.0 Å². The molecule has 118 valence electrons. The predicted octanol–water partition coefficient (Wildman–Crippen LogP) is 4.55. The number of hydrogen-bond acceptors (Lipinski definition) is 3. The number of rotatable bonds is 1. The minimum absolute atomic E-state index is 0.206. The summed E-state index contributed by atoms with van der Waals surface area (Å²) in [5.74, 6) is 0.447. The Kier molecular flexibility index (Phi) is 3.85. The molecule has 4 nitrogen and oxygen atoms in total. The van der Waals surface area contributed by atoms with Crippen molar-refractivity contribution in [2.45, 2.75) is 45.1 Å². The Morgan fingerprint density at radius 1 is 1.23 bits per heavy atom. The van der Waals surface area contributed by atoms with E-state index in [0.29, 0.717) is 5.92 Å². The van der Waals surface area contributed by atoms with E-state index in [-0.39, 0.29) is 6.09 Å². The van der Waals surface area contributed by atoms with Gasteiger partial charge in [-0.05, 0) is 45.6 Å². The van der Waals surface area contributed by atoms with Crippen LogP contribution in [0.4, 0.5) is 4.79 Å². The first-order chi connectivity index (χ1) is 10.4. The van der Waals surface area contributed by atoms with E-state index >= 15 is 0 Å². The van der Waals surface area contributed by atoms with Crippen LogP contribution in [0.1, 0.15) is 45.1 Å². The molecule has 1 aliphatic rings. The molecule has 1 aliphatic heterocycles. The average Bonchev–Trinajstić information content (AvgIpc) is 2.89. The van der Waals surface area contributed by atoms with Crippen molar-refractivity contribution in [1.29, 1.82) is 0 Å². The second kappa shape index (κ2) is 5.67. The summed E-state index contributed by atoms with van der Waals surface area (Å²) in [6.07, 6.45) is 3.56. The molecule has 1 fully saturated rings. The zero-order valence-electron chi connectivity index (χ0n) is 13.5. The number of fused-ring (bicyclic) bond motifs is 1. The summed E-state index contributed by atoms with van der Waals surface area (Å²) >= 11 is 0. The predicted molar refractivity (Wildman–Crippen MR) is 86.0 cm³/mol. The van der Waals surface area contributed by atoms with Crippen LogP contribution in [0.25, 0.3) is 11.0 Å². The van der Waals surface area contributed by atoms with Crippen LogP contribution in [0.5, 0.6) is 0 Å². The Labute approximate surface area is 131 Å². The van der Waals surface area contributed by atoms with Gasteiger partial charge in [-0.1, -0.05) is 18.2 Å². The highest BCUT2D eigenvalue weighted by Gasteiger charge is 2.28. The van der Waals surface area contributed by atoms with E-state index in [4.69, 9.17) is 9.15 Å². The van der Waals surface area contributed by atoms with Gasteiger partial charge in [-0.25, -0.2) is 4.79 Å². The Hall–Kier alpha value is -1.97. The maximum absolute atomic E-state index is 12.1. The number of nitrogens with zero attached hydrogens (tertiary/aromatic N) is 1. The Balaban J connectivity index is 1.66. The lowest BCUT2D eigenvalue weighted by Gasteiger charge is -2.33. The van der Waals surface area contributed by atoms with E-state index in [1.54, 1.807) is 0 Å². The fourth-order valence-corrected chi connectivity index (χ4v) is 3.01. The number of amides is 1. The highest BCUT2D eigenvalue weighted by atomic mass is 16.6. The molecule has 1 amide bonds. The van der Waals surface area contributed by atoms with Crippen molar-refractivity contribution in [2.75, 3.05) is 13.1 Å². The lowest BCUT2D eigenvalue weighted by Crippen LogP contribution is -2.41. The largest absolute Gasteiger partial charge is 0.464 e. The third-order valence-electron chi connectivity index (χ3n) is 4.10. The number of ether oxygens (including phenoxy) is 1. The maximum atomic E-state index is 12.1. The lowest BCUT2D eigenvalue weighted by atomic mass is 9.89. The average molecular weight is 301 g/mol. The van der Waals surface area contributed by atoms with Crippen LogP contribution in [-0.2, 0) is 4.74 Å². The Bertz CT molecular complexity index is 660. The van der Waals surface area contributed by atoms with Crippen LogP contribution >= 0.6 is 0 Å². The zero-order chi connectivity index (χ0) is 15.7. The van der Waals surface area contributed by atoms with Gasteiger partial charge in [0.2, 0.25) is 0 Å². The Morgan fingerprint density at radius 3 is 2.59 bits per heavy atom. The molecule has 0 N–H and O–H groups in total. The molecule has 2 aromatic rings. The number of carbonyl (C=O) groups excluding carboxylic acids is 1. The summed E-state index contributed by atoms with van der Waals surface area (Å²) in [5.41, 5.74) is 1.76. The number of para-hydroxylation sites is 1. The molecular weight excluding hydrogens is 278 g/mol. The van der Waals surface area contributed by atoms with Gasteiger partial charge < -0.3 is 14.1 Å². The minimum atomic E-state index is -0.436. The van der Waals surface area contributed by atoms with Crippen molar-refractivity contribution in [2.24, 2.45) is 0 Å². The van der Waals surface area contributed by atoms with Crippen LogP contribution in [0, 0.1) is 0 Å². The highest BCUT2D eigenvalue weighted by molar-refractivity contribution is 5.81. The summed E-state index contributed by atoms with van der Waals surface area (Å²) in [5, 5.41) is 1.19. The van der Waals surface area contributed by atoms with E-state index in [2.05, 4.69) is 6.07 Å². The molecule has 1 saturated heterocycles. The zero-order valence-corrected chi connectivity index (χ0v) is 13.5. The van der Waals surface area contributed by atoms with E-state index in [0.717, 1.165) is 31.5 Å². The summed E-state index contributed by atoms with van der Waals surface area (Å²) in [4.78, 5) is 13.9. The Morgan fingerprint density at radius 2 is 1.91 bits per heavy atom. The molecule has 0 spiro atoms. The molecule has 0 radical (unpaired) electrons. The minimum Gasteiger partial charge on any atom is -0.464 e. The smallest absolute Gasteiger partial charge is 0.410 e. The summed E-state index contributed by atoms with van der Waals surface area (Å²) in [6.45, 7) is 7.16. The third-order valence-corrected chi connectivity index (χ3v) is 4.10. The SMILES string of the molecule is CC(C)(C)OC(=O)N1CCC(c2coc3ccccc23)CC1. The van der Waals surface area contributed by atoms with Crippen molar-refractivity contribution in [3.8, 4) is 0 Å². The molecule has 0 unspecified atom stereocenters. The fraction of sp³-hybridized carbons (Fsp3) is 0.500. The van der Waals surface area contributed by atoms with Crippen LogP contribution < -0.4 is 0 Å². The standard InChI is InChI=1S/C18H23NO3/c1-18(2,3)22-17(20)19-10-8-13(9-11-19)15-12-21-16-7-5-4-6-14(15)16/h4-7,12-13H,8-11H2,1-3H3. The van der Waals surface area contributed by atoms with Crippen LogP contribution in [0.2, 0.25) is 0 Å². The lowest BCUT2D eigenvalue weighted by molar-refractivity contribution is 0.0205. The molecule has 0 bridgehead atoms. The molecule has 3 rings (SSSR count). The molecule has 4 heteroatoms. The molecule has 0 aliphatic carbocycles. The van der Waals surface area contributed by atoms with E-state index in [1.165, 1.54) is 10.9 Å². The number of carbonyl (C=O) groups is 1. The molecule has 2 heterocycles. The number of likely N-dealkylation sites (tertiary alicyclic amines) is 1. The normalized spacial score (nSPS) is 17.0. The van der Waals surface area contributed by atoms with Crippen molar-refractivity contribution in [3.63, 3.8) is 0 Å². The number of furan rings is 1. The van der Waals surface area contributed by atoms with Gasteiger partial charge in [-0.2, -0.15) is 0 Å². The molecule has 0 atom stereocenters. The first-order valence-electron chi connectivity index (χ1n) is 7.88. The topological polar surface area (TPSA) is 42.7 Å². The van der Waals surface area contributed by atoms with E-state index in [9.17, 15) is 4.79 Å². The molecule has 1 aromatic heterocycles. The quantitative estimate of drug-likeness (QED) is 0.776. The van der Waals surface area contributed by atoms with Gasteiger partial charge in [0.15, 0.2) is 0 Å². The molecular formula is C18H23NO3. The van der Waals surface area contributed by atoms with Gasteiger partial charge in [-0.3, -0.25) is 0 Å². The first-order valence-corrected chi connectivity index (χ1v) is 7.88. The summed E-state index contributed by atoms with van der Waals surface area (Å²) in [6, 6.07) is 8.13. The summed E-state index contributed by atoms with van der Waals surface area (Å²) < 4.78 is 11.1. The van der Waals surface area contributed by atoms with Crippen LogP contribution in [0.15, 0.2) is 34.9 Å². The van der Waals surface area contributed by atoms with Gasteiger partial charge in [0.1, 0.15) is 11.2 Å².